The van der Waals surface area contributed by atoms with Crippen molar-refractivity contribution in [1.29, 1.82) is 0 Å². The summed E-state index contributed by atoms with van der Waals surface area (Å²) in [6.07, 6.45) is 0. The van der Waals surface area contributed by atoms with Crippen molar-refractivity contribution in [3.05, 3.63) is 32.9 Å². The van der Waals surface area contributed by atoms with Crippen molar-refractivity contribution in [2.24, 2.45) is 0 Å². The molecule has 0 saturated carbocycles. The van der Waals surface area contributed by atoms with Gasteiger partial charge in [-0.15, -0.1) is 0 Å². The van der Waals surface area contributed by atoms with E-state index >= 15 is 0 Å². The van der Waals surface area contributed by atoms with Crippen molar-refractivity contribution in [2.45, 2.75) is 5.60 Å². The fraction of sp³-hybridized carbons (Fsp3) is 0.300. The standard InChI is InChI=1S/C10H7IO3/c11-6-1-2-7-8(3-6)10(4-13-5-10)14-9(7)12/h1-3H,4-5H2. The van der Waals surface area contributed by atoms with Crippen LogP contribution in [-0.4, -0.2) is 19.2 Å². The minimum atomic E-state index is -0.465. The van der Waals surface area contributed by atoms with Crippen LogP contribution in [0.25, 0.3) is 0 Å². The Morgan fingerprint density at radius 1 is 1.36 bits per heavy atom. The Kier molecular flexibility index (Phi) is 1.67. The van der Waals surface area contributed by atoms with Crippen LogP contribution >= 0.6 is 22.6 Å². The van der Waals surface area contributed by atoms with Crippen molar-refractivity contribution in [3.63, 3.8) is 0 Å². The number of rotatable bonds is 0. The number of benzene rings is 1. The van der Waals surface area contributed by atoms with Gasteiger partial charge in [-0.05, 0) is 40.8 Å². The molecule has 14 heavy (non-hydrogen) atoms. The number of fused-ring (bicyclic) bond motifs is 2. The van der Waals surface area contributed by atoms with E-state index in [1.807, 2.05) is 18.2 Å². The van der Waals surface area contributed by atoms with Gasteiger partial charge in [-0.2, -0.15) is 0 Å². The van der Waals surface area contributed by atoms with Crippen LogP contribution in [0.3, 0.4) is 0 Å². The topological polar surface area (TPSA) is 35.5 Å². The van der Waals surface area contributed by atoms with Gasteiger partial charge in [0.25, 0.3) is 0 Å². The Bertz CT molecular complexity index is 423. The molecule has 2 aliphatic rings. The van der Waals surface area contributed by atoms with E-state index in [0.717, 1.165) is 9.13 Å². The Labute approximate surface area is 94.5 Å². The first-order valence-corrected chi connectivity index (χ1v) is 5.40. The first kappa shape index (κ1) is 8.67. The lowest BCUT2D eigenvalue weighted by molar-refractivity contribution is -0.179. The molecule has 1 spiro atoms. The quantitative estimate of drug-likeness (QED) is 0.540. The highest BCUT2D eigenvalue weighted by atomic mass is 127. The van der Waals surface area contributed by atoms with E-state index < -0.39 is 5.60 Å². The predicted octanol–water partition coefficient (Wildman–Crippen LogP) is 1.69. The van der Waals surface area contributed by atoms with E-state index in [-0.39, 0.29) is 5.97 Å². The molecular formula is C10H7IO3. The zero-order chi connectivity index (χ0) is 9.76. The second kappa shape index (κ2) is 2.70. The van der Waals surface area contributed by atoms with Gasteiger partial charge in [0.1, 0.15) is 0 Å². The molecule has 1 fully saturated rings. The van der Waals surface area contributed by atoms with Crippen LogP contribution in [0.5, 0.6) is 0 Å². The Morgan fingerprint density at radius 3 is 2.79 bits per heavy atom. The van der Waals surface area contributed by atoms with Gasteiger partial charge in [0.15, 0.2) is 5.60 Å². The summed E-state index contributed by atoms with van der Waals surface area (Å²) < 4.78 is 11.6. The summed E-state index contributed by atoms with van der Waals surface area (Å²) in [5, 5.41) is 0. The molecule has 1 saturated heterocycles. The van der Waals surface area contributed by atoms with E-state index in [1.54, 1.807) is 0 Å². The summed E-state index contributed by atoms with van der Waals surface area (Å²) in [6.45, 7) is 0.984. The van der Waals surface area contributed by atoms with Crippen molar-refractivity contribution in [1.82, 2.24) is 0 Å². The fourth-order valence-electron chi connectivity index (χ4n) is 1.86. The van der Waals surface area contributed by atoms with Crippen LogP contribution in [0, 0.1) is 3.57 Å². The molecule has 4 heteroatoms. The second-order valence-electron chi connectivity index (χ2n) is 3.57. The molecule has 0 bridgehead atoms. The Hall–Kier alpha value is -0.620. The highest BCUT2D eigenvalue weighted by molar-refractivity contribution is 14.1. The number of ether oxygens (including phenoxy) is 2. The van der Waals surface area contributed by atoms with Gasteiger partial charge < -0.3 is 9.47 Å². The summed E-state index contributed by atoms with van der Waals surface area (Å²) in [5.74, 6) is -0.222. The van der Waals surface area contributed by atoms with Crippen LogP contribution in [0.1, 0.15) is 15.9 Å². The molecule has 3 nitrogen and oxygen atoms in total. The highest BCUT2D eigenvalue weighted by Gasteiger charge is 2.51. The normalized spacial score (nSPS) is 21.6. The summed E-state index contributed by atoms with van der Waals surface area (Å²) in [7, 11) is 0. The van der Waals surface area contributed by atoms with E-state index in [2.05, 4.69) is 22.6 Å². The molecule has 72 valence electrons. The predicted molar refractivity (Wildman–Crippen MR) is 57.1 cm³/mol. The molecule has 0 aromatic heterocycles. The van der Waals surface area contributed by atoms with Crippen molar-refractivity contribution in [2.75, 3.05) is 13.2 Å². The number of esters is 1. The molecule has 1 aromatic rings. The minimum absolute atomic E-state index is 0.222. The average Bonchev–Trinajstić information content (AvgIpc) is 2.38. The molecule has 0 radical (unpaired) electrons. The minimum Gasteiger partial charge on any atom is -0.446 e. The van der Waals surface area contributed by atoms with Gasteiger partial charge >= 0.3 is 5.97 Å². The van der Waals surface area contributed by atoms with Gasteiger partial charge in [-0.3, -0.25) is 0 Å². The Morgan fingerprint density at radius 2 is 2.14 bits per heavy atom. The van der Waals surface area contributed by atoms with E-state index in [0.29, 0.717) is 18.8 Å². The third kappa shape index (κ3) is 0.980. The van der Waals surface area contributed by atoms with E-state index in [9.17, 15) is 4.79 Å². The van der Waals surface area contributed by atoms with Gasteiger partial charge in [-0.25, -0.2) is 4.79 Å². The lowest BCUT2D eigenvalue weighted by atomic mass is 9.91. The maximum atomic E-state index is 11.5. The number of carbonyl (C=O) groups is 1. The smallest absolute Gasteiger partial charge is 0.339 e. The summed E-state index contributed by atoms with van der Waals surface area (Å²) in [4.78, 5) is 11.5. The largest absolute Gasteiger partial charge is 0.446 e. The molecule has 0 amide bonds. The number of hydrogen-bond donors (Lipinski definition) is 0. The molecule has 0 unspecified atom stereocenters. The lowest BCUT2D eigenvalue weighted by Gasteiger charge is -2.36. The molecular weight excluding hydrogens is 295 g/mol. The lowest BCUT2D eigenvalue weighted by Crippen LogP contribution is -2.46. The molecule has 3 rings (SSSR count). The fourth-order valence-corrected chi connectivity index (χ4v) is 2.35. The molecule has 0 N–H and O–H groups in total. The van der Waals surface area contributed by atoms with Crippen LogP contribution in [0.15, 0.2) is 18.2 Å². The number of halogens is 1. The van der Waals surface area contributed by atoms with Crippen LogP contribution in [0.4, 0.5) is 0 Å². The van der Waals surface area contributed by atoms with Crippen molar-refractivity contribution < 1.29 is 14.3 Å². The van der Waals surface area contributed by atoms with Gasteiger partial charge in [-0.1, -0.05) is 0 Å². The van der Waals surface area contributed by atoms with E-state index in [4.69, 9.17) is 9.47 Å². The monoisotopic (exact) mass is 302 g/mol. The van der Waals surface area contributed by atoms with Crippen molar-refractivity contribution >= 4 is 28.6 Å². The number of hydrogen-bond acceptors (Lipinski definition) is 3. The highest BCUT2D eigenvalue weighted by Crippen LogP contribution is 2.42. The molecule has 1 aromatic carbocycles. The third-order valence-corrected chi connectivity index (χ3v) is 3.32. The van der Waals surface area contributed by atoms with E-state index in [1.165, 1.54) is 0 Å². The molecule has 0 atom stereocenters. The maximum absolute atomic E-state index is 11.5. The third-order valence-electron chi connectivity index (χ3n) is 2.65. The van der Waals surface area contributed by atoms with Gasteiger partial charge in [0.05, 0.1) is 18.8 Å². The first-order valence-electron chi connectivity index (χ1n) is 4.32. The maximum Gasteiger partial charge on any atom is 0.339 e. The van der Waals surface area contributed by atoms with Crippen LogP contribution < -0.4 is 0 Å². The molecule has 2 aliphatic heterocycles. The van der Waals surface area contributed by atoms with Gasteiger partial charge in [0.2, 0.25) is 0 Å². The first-order chi connectivity index (χ1) is 6.71. The Balaban J connectivity index is 2.20. The zero-order valence-corrected chi connectivity index (χ0v) is 9.41. The molecule has 0 aliphatic carbocycles. The number of carbonyl (C=O) groups excluding carboxylic acids is 1. The summed E-state index contributed by atoms with van der Waals surface area (Å²) in [5.41, 5.74) is 1.21. The van der Waals surface area contributed by atoms with Crippen LogP contribution in [-0.2, 0) is 15.1 Å². The molecule has 2 heterocycles. The van der Waals surface area contributed by atoms with Crippen LogP contribution in [0.2, 0.25) is 0 Å². The zero-order valence-electron chi connectivity index (χ0n) is 7.25. The van der Waals surface area contributed by atoms with Gasteiger partial charge in [0, 0.05) is 9.13 Å². The van der Waals surface area contributed by atoms with Crippen molar-refractivity contribution in [3.8, 4) is 0 Å². The SMILES string of the molecule is O=C1OC2(COC2)c2cc(I)ccc21. The second-order valence-corrected chi connectivity index (χ2v) is 4.81. The summed E-state index contributed by atoms with van der Waals surface area (Å²) >= 11 is 2.23. The summed E-state index contributed by atoms with van der Waals surface area (Å²) in [6, 6.07) is 5.75. The average molecular weight is 302 g/mol.